The van der Waals surface area contributed by atoms with Gasteiger partial charge in [-0.05, 0) is 57.8 Å². The third-order valence-corrected chi connectivity index (χ3v) is 6.03. The minimum atomic E-state index is -0.765. The Kier molecular flexibility index (Phi) is 2.87. The summed E-state index contributed by atoms with van der Waals surface area (Å²) in [5.41, 5.74) is 4.17. The lowest BCUT2D eigenvalue weighted by Crippen LogP contribution is -2.61. The summed E-state index contributed by atoms with van der Waals surface area (Å²) in [6.45, 7) is 4.27. The molecule has 2 saturated carbocycles. The molecule has 19 heavy (non-hydrogen) atoms. The topological polar surface area (TPSA) is 72.6 Å². The number of fused-ring (bicyclic) bond motifs is 1. The van der Waals surface area contributed by atoms with Gasteiger partial charge in [0.1, 0.15) is 5.60 Å². The van der Waals surface area contributed by atoms with Crippen molar-refractivity contribution in [3.63, 3.8) is 0 Å². The molecule has 108 valence electrons. The van der Waals surface area contributed by atoms with E-state index in [-0.39, 0.29) is 24.5 Å². The minimum absolute atomic E-state index is 0.0801. The fourth-order valence-corrected chi connectivity index (χ4v) is 4.67. The van der Waals surface area contributed by atoms with Crippen LogP contribution in [0.25, 0.3) is 0 Å². The van der Waals surface area contributed by atoms with Crippen molar-refractivity contribution in [1.82, 2.24) is 0 Å². The van der Waals surface area contributed by atoms with E-state index in [1.54, 1.807) is 0 Å². The molecule has 1 aliphatic heterocycles. The second-order valence-corrected chi connectivity index (χ2v) is 7.28. The lowest BCUT2D eigenvalue weighted by Gasteiger charge is -2.49. The first-order chi connectivity index (χ1) is 8.90. The molecule has 0 radical (unpaired) electrons. The maximum Gasteiger partial charge on any atom is 0.174 e. The summed E-state index contributed by atoms with van der Waals surface area (Å²) in [6, 6.07) is 0. The van der Waals surface area contributed by atoms with Gasteiger partial charge in [-0.25, -0.2) is 0 Å². The summed E-state index contributed by atoms with van der Waals surface area (Å²) in [5, 5.41) is 9.70. The quantitative estimate of drug-likeness (QED) is 0.790. The lowest BCUT2D eigenvalue weighted by atomic mass is 9.57. The number of aliphatic hydroxyl groups is 1. The Labute approximate surface area is 114 Å². The van der Waals surface area contributed by atoms with Crippen LogP contribution in [-0.2, 0) is 9.53 Å². The maximum atomic E-state index is 13.0. The van der Waals surface area contributed by atoms with Gasteiger partial charge in [-0.15, -0.1) is 0 Å². The van der Waals surface area contributed by atoms with Gasteiger partial charge in [0.25, 0.3) is 0 Å². The van der Waals surface area contributed by atoms with Crippen molar-refractivity contribution in [3.05, 3.63) is 0 Å². The molecular weight excluding hydrogens is 242 g/mol. The van der Waals surface area contributed by atoms with E-state index >= 15 is 0 Å². The van der Waals surface area contributed by atoms with Crippen molar-refractivity contribution in [2.75, 3.05) is 13.2 Å². The summed E-state index contributed by atoms with van der Waals surface area (Å²) < 4.78 is 6.32. The first-order valence-electron chi connectivity index (χ1n) is 7.46. The first-order valence-corrected chi connectivity index (χ1v) is 7.46. The molecule has 2 bridgehead atoms. The predicted octanol–water partition coefficient (Wildman–Crippen LogP) is 1.25. The molecule has 4 nitrogen and oxygen atoms in total. The molecule has 3 N–H and O–H groups in total. The molecule has 2 aliphatic carbocycles. The number of aliphatic hydroxyl groups excluding tert-OH is 1. The number of ether oxygens (including phenoxy) is 1. The van der Waals surface area contributed by atoms with Gasteiger partial charge in [0.2, 0.25) is 0 Å². The van der Waals surface area contributed by atoms with Crippen LogP contribution in [0.3, 0.4) is 0 Å². The SMILES string of the molecule is CC1(C)OC23CC1CCC2CCC(CN)(CO)C3=O. The molecule has 4 atom stereocenters. The van der Waals surface area contributed by atoms with Gasteiger partial charge in [-0.1, -0.05) is 0 Å². The van der Waals surface area contributed by atoms with Gasteiger partial charge >= 0.3 is 0 Å². The smallest absolute Gasteiger partial charge is 0.174 e. The third-order valence-electron chi connectivity index (χ3n) is 6.03. The second kappa shape index (κ2) is 4.03. The Bertz CT molecular complexity index is 402. The zero-order valence-corrected chi connectivity index (χ0v) is 11.9. The van der Waals surface area contributed by atoms with E-state index in [0.717, 1.165) is 25.7 Å². The van der Waals surface area contributed by atoms with E-state index < -0.39 is 11.0 Å². The number of hydrogen-bond donors (Lipinski definition) is 2. The van der Waals surface area contributed by atoms with Crippen LogP contribution in [-0.4, -0.2) is 35.2 Å². The highest BCUT2D eigenvalue weighted by Gasteiger charge is 2.66. The van der Waals surface area contributed by atoms with E-state index in [1.165, 1.54) is 0 Å². The average molecular weight is 267 g/mol. The maximum absolute atomic E-state index is 13.0. The van der Waals surface area contributed by atoms with Crippen molar-refractivity contribution in [3.8, 4) is 0 Å². The molecule has 3 fully saturated rings. The van der Waals surface area contributed by atoms with Crippen molar-refractivity contribution >= 4 is 5.78 Å². The van der Waals surface area contributed by atoms with Gasteiger partial charge in [0.15, 0.2) is 5.78 Å². The van der Waals surface area contributed by atoms with Gasteiger partial charge in [0, 0.05) is 6.54 Å². The zero-order valence-electron chi connectivity index (χ0n) is 11.9. The molecule has 0 amide bonds. The summed E-state index contributed by atoms with van der Waals surface area (Å²) >= 11 is 0. The number of Topliss-reactive ketones (excluding diaryl/α,β-unsaturated/α-hetero) is 1. The molecule has 0 aromatic heterocycles. The van der Waals surface area contributed by atoms with Crippen LogP contribution in [0.4, 0.5) is 0 Å². The highest BCUT2D eigenvalue weighted by molar-refractivity contribution is 5.94. The van der Waals surface area contributed by atoms with Crippen LogP contribution in [0.1, 0.15) is 46.0 Å². The molecule has 3 aliphatic rings. The largest absolute Gasteiger partial charge is 0.395 e. The van der Waals surface area contributed by atoms with Gasteiger partial charge in [0.05, 0.1) is 17.6 Å². The highest BCUT2D eigenvalue weighted by atomic mass is 16.5. The van der Waals surface area contributed by atoms with E-state index in [4.69, 9.17) is 10.5 Å². The Hall–Kier alpha value is -0.450. The highest BCUT2D eigenvalue weighted by Crippen LogP contribution is 2.59. The third kappa shape index (κ3) is 1.60. The molecule has 4 unspecified atom stereocenters. The van der Waals surface area contributed by atoms with Crippen LogP contribution >= 0.6 is 0 Å². The molecule has 3 rings (SSSR count). The predicted molar refractivity (Wildman–Crippen MR) is 71.5 cm³/mol. The van der Waals surface area contributed by atoms with E-state index in [0.29, 0.717) is 18.3 Å². The zero-order chi connectivity index (χ0) is 13.9. The fourth-order valence-electron chi connectivity index (χ4n) is 4.67. The average Bonchev–Trinajstić information content (AvgIpc) is 2.60. The van der Waals surface area contributed by atoms with Crippen LogP contribution in [0, 0.1) is 17.3 Å². The number of ketones is 1. The molecule has 0 aromatic carbocycles. The number of hydrogen-bond acceptors (Lipinski definition) is 4. The molecule has 1 heterocycles. The molecule has 0 aromatic rings. The second-order valence-electron chi connectivity index (χ2n) is 7.28. The Morgan fingerprint density at radius 3 is 2.63 bits per heavy atom. The lowest BCUT2D eigenvalue weighted by molar-refractivity contribution is -0.181. The molecule has 1 saturated heterocycles. The van der Waals surface area contributed by atoms with Crippen LogP contribution in [0.5, 0.6) is 0 Å². The van der Waals surface area contributed by atoms with Crippen molar-refractivity contribution in [2.45, 2.75) is 57.2 Å². The molecule has 4 heteroatoms. The molecular formula is C15H25NO3. The van der Waals surface area contributed by atoms with Gasteiger partial charge in [-0.2, -0.15) is 0 Å². The summed E-state index contributed by atoms with van der Waals surface area (Å²) in [6.07, 6.45) is 4.71. The fraction of sp³-hybridized carbons (Fsp3) is 0.933. The number of rotatable bonds is 2. The first kappa shape index (κ1) is 13.5. The minimum Gasteiger partial charge on any atom is -0.395 e. The van der Waals surface area contributed by atoms with Gasteiger partial charge < -0.3 is 15.6 Å². The van der Waals surface area contributed by atoms with E-state index in [2.05, 4.69) is 13.8 Å². The standard InChI is InChI=1S/C15H25NO3/c1-13(2)11-4-3-10-5-6-14(8-16,9-17)12(18)15(10,7-11)19-13/h10-11,17H,3-9,16H2,1-2H3. The Balaban J connectivity index is 2.01. The Morgan fingerprint density at radius 1 is 1.32 bits per heavy atom. The van der Waals surface area contributed by atoms with Crippen LogP contribution in [0.15, 0.2) is 0 Å². The number of nitrogens with two attached hydrogens (primary N) is 1. The van der Waals surface area contributed by atoms with E-state index in [9.17, 15) is 9.90 Å². The number of carbonyl (C=O) groups is 1. The monoisotopic (exact) mass is 267 g/mol. The Morgan fingerprint density at radius 2 is 2.00 bits per heavy atom. The van der Waals surface area contributed by atoms with Gasteiger partial charge in [-0.3, -0.25) is 4.79 Å². The normalized spacial score (nSPS) is 48.1. The summed E-state index contributed by atoms with van der Waals surface area (Å²) in [7, 11) is 0. The van der Waals surface area contributed by atoms with E-state index in [1.807, 2.05) is 0 Å². The summed E-state index contributed by atoms with van der Waals surface area (Å²) in [4.78, 5) is 13.0. The van der Waals surface area contributed by atoms with Crippen LogP contribution in [0.2, 0.25) is 0 Å². The number of carbonyl (C=O) groups excluding carboxylic acids is 1. The van der Waals surface area contributed by atoms with Crippen molar-refractivity contribution < 1.29 is 14.6 Å². The van der Waals surface area contributed by atoms with Crippen molar-refractivity contribution in [1.29, 1.82) is 0 Å². The summed E-state index contributed by atoms with van der Waals surface area (Å²) in [5.74, 6) is 0.862. The van der Waals surface area contributed by atoms with Crippen LogP contribution < -0.4 is 5.73 Å². The molecule has 1 spiro atoms. The van der Waals surface area contributed by atoms with Crippen molar-refractivity contribution in [2.24, 2.45) is 23.0 Å².